The van der Waals surface area contributed by atoms with Crippen molar-refractivity contribution in [3.63, 3.8) is 0 Å². The molecular formula is C13H20N4S. The molecule has 0 spiro atoms. The number of nitrogen functional groups attached to an aromatic ring is 1. The molecule has 1 aromatic heterocycles. The van der Waals surface area contributed by atoms with Crippen LogP contribution in [-0.2, 0) is 0 Å². The van der Waals surface area contributed by atoms with Gasteiger partial charge in [0.15, 0.2) is 0 Å². The van der Waals surface area contributed by atoms with E-state index in [-0.39, 0.29) is 16.6 Å². The number of aromatic nitrogens is 1. The van der Waals surface area contributed by atoms with E-state index >= 15 is 0 Å². The smallest absolute Gasteiger partial charge is 0.141 e. The summed E-state index contributed by atoms with van der Waals surface area (Å²) >= 11 is 4.57. The highest BCUT2D eigenvalue weighted by atomic mass is 32.1. The number of rotatable bonds is 3. The summed E-state index contributed by atoms with van der Waals surface area (Å²) in [5.74, 6) is 0.281. The molecule has 0 bridgehead atoms. The van der Waals surface area contributed by atoms with Crippen LogP contribution in [-0.4, -0.2) is 17.1 Å². The first-order valence-corrected chi connectivity index (χ1v) is 6.36. The summed E-state index contributed by atoms with van der Waals surface area (Å²) < 4.78 is 0. The number of nitrogens with two attached hydrogens (primary N) is 1. The van der Waals surface area contributed by atoms with E-state index in [1.165, 1.54) is 0 Å². The molecule has 0 aliphatic carbocycles. The van der Waals surface area contributed by atoms with Gasteiger partial charge in [-0.25, -0.2) is 4.98 Å². The van der Waals surface area contributed by atoms with Crippen LogP contribution in [0.3, 0.4) is 0 Å². The number of thiol groups is 1. The van der Waals surface area contributed by atoms with Gasteiger partial charge < -0.3 is 11.1 Å². The first-order chi connectivity index (χ1) is 8.24. The molecule has 4 nitrogen and oxygen atoms in total. The Morgan fingerprint density at radius 2 is 2.17 bits per heavy atom. The van der Waals surface area contributed by atoms with Gasteiger partial charge in [-0.15, -0.1) is 0 Å². The first-order valence-electron chi connectivity index (χ1n) is 5.85. The minimum atomic E-state index is -0.00979. The fourth-order valence-electron chi connectivity index (χ4n) is 1.58. The Kier molecular flexibility index (Phi) is 4.60. The van der Waals surface area contributed by atoms with Gasteiger partial charge in [-0.05, 0) is 39.3 Å². The molecule has 0 fully saturated rings. The second-order valence-electron chi connectivity index (χ2n) is 5.35. The van der Waals surface area contributed by atoms with Crippen molar-refractivity contribution in [2.75, 3.05) is 12.3 Å². The van der Waals surface area contributed by atoms with E-state index in [2.05, 4.69) is 43.7 Å². The lowest BCUT2D eigenvalue weighted by molar-refractivity contribution is 0.427. The zero-order valence-corrected chi connectivity index (χ0v) is 12.2. The molecule has 1 rings (SSSR count). The van der Waals surface area contributed by atoms with E-state index < -0.39 is 0 Å². The fraction of sp³-hybridized carbons (Fsp3) is 0.538. The van der Waals surface area contributed by atoms with Crippen molar-refractivity contribution in [1.29, 1.82) is 5.26 Å². The van der Waals surface area contributed by atoms with Crippen molar-refractivity contribution in [3.8, 4) is 6.07 Å². The van der Waals surface area contributed by atoms with Crippen molar-refractivity contribution in [3.05, 3.63) is 22.9 Å². The molecule has 1 atom stereocenters. The molecule has 0 aromatic carbocycles. The van der Waals surface area contributed by atoms with Gasteiger partial charge in [-0.2, -0.15) is 17.9 Å². The topological polar surface area (TPSA) is 74.7 Å². The number of nitrogens with zero attached hydrogens (tertiary/aromatic N) is 2. The van der Waals surface area contributed by atoms with Crippen LogP contribution in [0, 0.1) is 18.3 Å². The molecule has 0 saturated carbocycles. The van der Waals surface area contributed by atoms with Gasteiger partial charge in [0.25, 0.3) is 0 Å². The molecule has 0 radical (unpaired) electrons. The predicted molar refractivity (Wildman–Crippen MR) is 77.6 cm³/mol. The molecule has 0 unspecified atom stereocenters. The SMILES string of the molecule is Cc1nc(N)c(C#N)cc1[C@H](S)CNC(C)(C)C. The fourth-order valence-corrected chi connectivity index (χ4v) is 1.93. The van der Waals surface area contributed by atoms with Crippen LogP contribution >= 0.6 is 12.6 Å². The molecule has 18 heavy (non-hydrogen) atoms. The standard InChI is InChI=1S/C13H20N4S/c1-8-10(5-9(6-14)12(15)17-8)11(18)7-16-13(2,3)4/h5,11,16,18H,7H2,1-4H3,(H2,15,17)/t11-/m1/s1. The van der Waals surface area contributed by atoms with Crippen molar-refractivity contribution in [2.45, 2.75) is 38.5 Å². The minimum absolute atomic E-state index is 0.00979. The second-order valence-corrected chi connectivity index (χ2v) is 5.98. The van der Waals surface area contributed by atoms with Crippen LogP contribution in [0.4, 0.5) is 5.82 Å². The number of nitrogens with one attached hydrogen (secondary N) is 1. The highest BCUT2D eigenvalue weighted by Gasteiger charge is 2.16. The van der Waals surface area contributed by atoms with Gasteiger partial charge in [-0.3, -0.25) is 0 Å². The molecule has 0 saturated heterocycles. The number of nitriles is 1. The molecule has 1 aromatic rings. The third-order valence-electron chi connectivity index (χ3n) is 2.59. The Hall–Kier alpha value is -1.25. The van der Waals surface area contributed by atoms with Gasteiger partial charge in [0.05, 0.1) is 5.56 Å². The number of hydrogen-bond acceptors (Lipinski definition) is 5. The monoisotopic (exact) mass is 264 g/mol. The van der Waals surface area contributed by atoms with Crippen LogP contribution in [0.25, 0.3) is 0 Å². The Labute approximate surface area is 114 Å². The lowest BCUT2D eigenvalue weighted by Gasteiger charge is -2.24. The molecule has 0 aliphatic heterocycles. The maximum Gasteiger partial charge on any atom is 0.141 e. The Bertz CT molecular complexity index is 471. The third-order valence-corrected chi connectivity index (χ3v) is 3.05. The van der Waals surface area contributed by atoms with Crippen LogP contribution in [0.5, 0.6) is 0 Å². The van der Waals surface area contributed by atoms with Crippen molar-refractivity contribution in [2.24, 2.45) is 0 Å². The highest BCUT2D eigenvalue weighted by Crippen LogP contribution is 2.25. The van der Waals surface area contributed by atoms with E-state index in [0.29, 0.717) is 12.1 Å². The van der Waals surface area contributed by atoms with Gasteiger partial charge in [0.2, 0.25) is 0 Å². The summed E-state index contributed by atoms with van der Waals surface area (Å²) in [6, 6.07) is 3.83. The summed E-state index contributed by atoms with van der Waals surface area (Å²) in [6.07, 6.45) is 0. The number of aryl methyl sites for hydroxylation is 1. The van der Waals surface area contributed by atoms with Crippen LogP contribution in [0.1, 0.15) is 42.8 Å². The average Bonchev–Trinajstić information content (AvgIpc) is 2.25. The molecule has 1 heterocycles. The van der Waals surface area contributed by atoms with Gasteiger partial charge in [-0.1, -0.05) is 0 Å². The molecular weight excluding hydrogens is 244 g/mol. The molecule has 0 aliphatic rings. The van der Waals surface area contributed by atoms with Crippen molar-refractivity contribution < 1.29 is 0 Å². The number of pyridine rings is 1. The summed E-state index contributed by atoms with van der Waals surface area (Å²) in [4.78, 5) is 4.19. The Morgan fingerprint density at radius 3 is 2.67 bits per heavy atom. The van der Waals surface area contributed by atoms with Gasteiger partial charge in [0, 0.05) is 23.0 Å². The lowest BCUT2D eigenvalue weighted by atomic mass is 10.1. The van der Waals surface area contributed by atoms with E-state index in [9.17, 15) is 0 Å². The van der Waals surface area contributed by atoms with Crippen LogP contribution in [0.2, 0.25) is 0 Å². The van der Waals surface area contributed by atoms with E-state index in [0.717, 1.165) is 11.3 Å². The average molecular weight is 264 g/mol. The zero-order valence-electron chi connectivity index (χ0n) is 11.3. The summed E-state index contributed by atoms with van der Waals surface area (Å²) in [5, 5.41) is 12.3. The largest absolute Gasteiger partial charge is 0.383 e. The lowest BCUT2D eigenvalue weighted by Crippen LogP contribution is -2.37. The molecule has 3 N–H and O–H groups in total. The second kappa shape index (κ2) is 5.59. The molecule has 0 amide bonds. The van der Waals surface area contributed by atoms with Crippen molar-refractivity contribution in [1.82, 2.24) is 10.3 Å². The normalized spacial score (nSPS) is 13.1. The van der Waals surface area contributed by atoms with Crippen LogP contribution in [0.15, 0.2) is 6.07 Å². The quantitative estimate of drug-likeness (QED) is 0.732. The maximum atomic E-state index is 8.96. The Balaban J connectivity index is 2.93. The predicted octanol–water partition coefficient (Wildman–Crippen LogP) is 2.20. The highest BCUT2D eigenvalue weighted by molar-refractivity contribution is 7.80. The van der Waals surface area contributed by atoms with Gasteiger partial charge in [0.1, 0.15) is 11.9 Å². The van der Waals surface area contributed by atoms with E-state index in [4.69, 9.17) is 11.0 Å². The van der Waals surface area contributed by atoms with E-state index in [1.54, 1.807) is 6.07 Å². The maximum absolute atomic E-state index is 8.96. The van der Waals surface area contributed by atoms with Gasteiger partial charge >= 0.3 is 0 Å². The summed E-state index contributed by atoms with van der Waals surface area (Å²) in [7, 11) is 0. The third kappa shape index (κ3) is 3.90. The molecule has 98 valence electrons. The van der Waals surface area contributed by atoms with E-state index in [1.807, 2.05) is 13.0 Å². The van der Waals surface area contributed by atoms with Crippen LogP contribution < -0.4 is 11.1 Å². The summed E-state index contributed by atoms with van der Waals surface area (Å²) in [5.41, 5.74) is 7.88. The summed E-state index contributed by atoms with van der Waals surface area (Å²) in [6.45, 7) is 8.89. The Morgan fingerprint density at radius 1 is 1.56 bits per heavy atom. The minimum Gasteiger partial charge on any atom is -0.383 e. The zero-order chi connectivity index (χ0) is 13.9. The number of anilines is 1. The van der Waals surface area contributed by atoms with Crippen molar-refractivity contribution >= 4 is 18.4 Å². The molecule has 5 heteroatoms. The first kappa shape index (κ1) is 14.8. The number of hydrogen-bond donors (Lipinski definition) is 3.